The highest BCUT2D eigenvalue weighted by molar-refractivity contribution is 6.12. The van der Waals surface area contributed by atoms with Crippen LogP contribution < -0.4 is 0 Å². The van der Waals surface area contributed by atoms with Crippen molar-refractivity contribution in [1.29, 1.82) is 0 Å². The minimum atomic E-state index is -0.208. The first kappa shape index (κ1) is 8.74. The van der Waals surface area contributed by atoms with Gasteiger partial charge >= 0.3 is 0 Å². The minimum Gasteiger partial charge on any atom is -0.493 e. The number of hydrogen-bond donors (Lipinski definition) is 0. The molecule has 0 amide bonds. The third-order valence-electron chi connectivity index (χ3n) is 2.14. The van der Waals surface area contributed by atoms with Crippen molar-refractivity contribution < 1.29 is 19.1 Å². The lowest BCUT2D eigenvalue weighted by Crippen LogP contribution is -2.08. The third kappa shape index (κ3) is 1.08. The zero-order valence-corrected chi connectivity index (χ0v) is 7.57. The van der Waals surface area contributed by atoms with Crippen LogP contribution in [-0.4, -0.2) is 25.8 Å². The van der Waals surface area contributed by atoms with E-state index in [-0.39, 0.29) is 12.4 Å². The van der Waals surface area contributed by atoms with Gasteiger partial charge in [0.05, 0.1) is 12.7 Å². The number of hydrogen-bond acceptors (Lipinski definition) is 4. The monoisotopic (exact) mass is 192 g/mol. The number of allylic oxidation sites excluding steroid dienone is 3. The van der Waals surface area contributed by atoms with E-state index in [2.05, 4.69) is 0 Å². The Kier molecular flexibility index (Phi) is 1.96. The molecule has 0 spiro atoms. The molecule has 0 aromatic carbocycles. The topological polar surface area (TPSA) is 52.6 Å². The Bertz CT molecular complexity index is 398. The fraction of sp³-hybridized carbons (Fsp3) is 0.200. The molecular formula is C10H8O4. The Labute approximate surface area is 80.5 Å². The third-order valence-corrected chi connectivity index (χ3v) is 2.14. The molecule has 4 nitrogen and oxygen atoms in total. The van der Waals surface area contributed by atoms with Crippen LogP contribution in [0.25, 0.3) is 0 Å². The van der Waals surface area contributed by atoms with Gasteiger partial charge in [-0.1, -0.05) is 0 Å². The van der Waals surface area contributed by atoms with Crippen LogP contribution in [0.2, 0.25) is 0 Å². The van der Waals surface area contributed by atoms with Gasteiger partial charge in [-0.25, -0.2) is 0 Å². The van der Waals surface area contributed by atoms with Crippen molar-refractivity contribution in [2.24, 2.45) is 0 Å². The summed E-state index contributed by atoms with van der Waals surface area (Å²) in [6.07, 6.45) is 3.55. The van der Waals surface area contributed by atoms with Crippen molar-refractivity contribution in [1.82, 2.24) is 0 Å². The van der Waals surface area contributed by atoms with Gasteiger partial charge in [0, 0.05) is 5.57 Å². The summed E-state index contributed by atoms with van der Waals surface area (Å²) in [4.78, 5) is 22.1. The van der Waals surface area contributed by atoms with Gasteiger partial charge < -0.3 is 9.47 Å². The number of methoxy groups -OCH3 is 1. The van der Waals surface area contributed by atoms with Crippen LogP contribution in [-0.2, 0) is 19.1 Å². The van der Waals surface area contributed by atoms with Gasteiger partial charge in [0.15, 0.2) is 17.3 Å². The molecule has 72 valence electrons. The lowest BCUT2D eigenvalue weighted by Gasteiger charge is -2.11. The first-order valence-electron chi connectivity index (χ1n) is 4.10. The summed E-state index contributed by atoms with van der Waals surface area (Å²) in [7, 11) is 1.49. The van der Waals surface area contributed by atoms with Crippen molar-refractivity contribution >= 4 is 12.1 Å². The Balaban J connectivity index is 2.57. The van der Waals surface area contributed by atoms with Crippen LogP contribution in [0.3, 0.4) is 0 Å². The summed E-state index contributed by atoms with van der Waals surface area (Å²) in [5, 5.41) is 0. The average Bonchev–Trinajstić information content (AvgIpc) is 2.63. The number of ketones is 1. The van der Waals surface area contributed by atoms with Crippen molar-refractivity contribution in [3.63, 3.8) is 0 Å². The van der Waals surface area contributed by atoms with Gasteiger partial charge in [0.25, 0.3) is 0 Å². The smallest absolute Gasteiger partial charge is 0.190 e. The van der Waals surface area contributed by atoms with Crippen LogP contribution in [0.5, 0.6) is 0 Å². The first-order chi connectivity index (χ1) is 6.77. The van der Waals surface area contributed by atoms with Gasteiger partial charge in [0.1, 0.15) is 12.9 Å². The average molecular weight is 192 g/mol. The summed E-state index contributed by atoms with van der Waals surface area (Å²) >= 11 is 0. The normalized spacial score (nSPS) is 19.6. The number of aldehydes is 1. The highest BCUT2D eigenvalue weighted by atomic mass is 16.5. The molecule has 0 N–H and O–H groups in total. The maximum Gasteiger partial charge on any atom is 0.190 e. The van der Waals surface area contributed by atoms with E-state index >= 15 is 0 Å². The highest BCUT2D eigenvalue weighted by Gasteiger charge is 2.31. The molecule has 1 aliphatic heterocycles. The van der Waals surface area contributed by atoms with E-state index in [4.69, 9.17) is 9.47 Å². The van der Waals surface area contributed by atoms with E-state index < -0.39 is 0 Å². The van der Waals surface area contributed by atoms with E-state index in [1.54, 1.807) is 0 Å². The minimum absolute atomic E-state index is 0.147. The van der Waals surface area contributed by atoms with Gasteiger partial charge in [-0.15, -0.1) is 0 Å². The van der Waals surface area contributed by atoms with Crippen molar-refractivity contribution in [2.75, 3.05) is 13.7 Å². The fourth-order valence-corrected chi connectivity index (χ4v) is 1.47. The zero-order chi connectivity index (χ0) is 10.1. The largest absolute Gasteiger partial charge is 0.493 e. The summed E-state index contributed by atoms with van der Waals surface area (Å²) in [6, 6.07) is 0. The Hall–Kier alpha value is -1.84. The molecule has 0 unspecified atom stereocenters. The standard InChI is InChI=1S/C10H8O4/c1-13-8-3-2-7(12)9-6(4-11)5-14-10(8)9/h2-4H,5H2,1H3. The number of carbonyl (C=O) groups excluding carboxylic acids is 2. The molecule has 0 saturated carbocycles. The van der Waals surface area contributed by atoms with Crippen LogP contribution in [0, 0.1) is 0 Å². The molecule has 1 aliphatic carbocycles. The van der Waals surface area contributed by atoms with Crippen molar-refractivity contribution in [3.8, 4) is 0 Å². The van der Waals surface area contributed by atoms with Gasteiger partial charge in [-0.2, -0.15) is 0 Å². The first-order valence-corrected chi connectivity index (χ1v) is 4.10. The molecule has 1 heterocycles. The number of rotatable bonds is 2. The predicted molar refractivity (Wildman–Crippen MR) is 47.2 cm³/mol. The quantitative estimate of drug-likeness (QED) is 0.598. The maximum absolute atomic E-state index is 11.4. The molecule has 0 saturated heterocycles. The molecule has 0 fully saturated rings. The lowest BCUT2D eigenvalue weighted by atomic mass is 10.0. The van der Waals surface area contributed by atoms with E-state index in [1.165, 1.54) is 19.3 Å². The van der Waals surface area contributed by atoms with Crippen molar-refractivity contribution in [2.45, 2.75) is 0 Å². The van der Waals surface area contributed by atoms with Crippen LogP contribution in [0.15, 0.2) is 34.8 Å². The summed E-state index contributed by atoms with van der Waals surface area (Å²) in [6.45, 7) is 0.147. The summed E-state index contributed by atoms with van der Waals surface area (Å²) in [5.41, 5.74) is 0.711. The number of carbonyl (C=O) groups is 2. The van der Waals surface area contributed by atoms with Gasteiger partial charge in [0.2, 0.25) is 0 Å². The summed E-state index contributed by atoms with van der Waals surface area (Å²) in [5.74, 6) is 0.652. The van der Waals surface area contributed by atoms with E-state index in [9.17, 15) is 9.59 Å². The highest BCUT2D eigenvalue weighted by Crippen LogP contribution is 2.31. The molecular weight excluding hydrogens is 184 g/mol. The molecule has 0 aromatic heterocycles. The molecule has 2 rings (SSSR count). The van der Waals surface area contributed by atoms with Crippen LogP contribution in [0.4, 0.5) is 0 Å². The maximum atomic E-state index is 11.4. The predicted octanol–water partition coefficient (Wildman–Crippen LogP) is 0.509. The SMILES string of the molecule is COC1=C2OCC(C=O)=C2C(=O)C=C1. The molecule has 14 heavy (non-hydrogen) atoms. The van der Waals surface area contributed by atoms with Gasteiger partial charge in [-0.05, 0) is 12.2 Å². The molecule has 4 heteroatoms. The second kappa shape index (κ2) is 3.14. The van der Waals surface area contributed by atoms with E-state index in [0.717, 1.165) is 0 Å². The van der Waals surface area contributed by atoms with Crippen molar-refractivity contribution in [3.05, 3.63) is 34.8 Å². The Morgan fingerprint density at radius 1 is 1.50 bits per heavy atom. The second-order valence-electron chi connectivity index (χ2n) is 2.90. The van der Waals surface area contributed by atoms with Crippen LogP contribution >= 0.6 is 0 Å². The fourth-order valence-electron chi connectivity index (χ4n) is 1.47. The lowest BCUT2D eigenvalue weighted by molar-refractivity contribution is -0.112. The molecule has 0 atom stereocenters. The zero-order valence-electron chi connectivity index (χ0n) is 7.57. The second-order valence-corrected chi connectivity index (χ2v) is 2.90. The molecule has 0 aromatic rings. The van der Waals surface area contributed by atoms with E-state index in [1.807, 2.05) is 0 Å². The molecule has 2 aliphatic rings. The van der Waals surface area contributed by atoms with Crippen LogP contribution in [0.1, 0.15) is 0 Å². The van der Waals surface area contributed by atoms with Gasteiger partial charge in [-0.3, -0.25) is 9.59 Å². The molecule has 0 radical (unpaired) electrons. The molecule has 0 bridgehead atoms. The van der Waals surface area contributed by atoms with E-state index in [0.29, 0.717) is 29.0 Å². The Morgan fingerprint density at radius 3 is 2.93 bits per heavy atom. The summed E-state index contributed by atoms with van der Waals surface area (Å²) < 4.78 is 10.2. The number of fused-ring (bicyclic) bond motifs is 1. The number of ether oxygens (including phenoxy) is 2. The Morgan fingerprint density at radius 2 is 2.29 bits per heavy atom.